The number of para-hydroxylation sites is 1. The van der Waals surface area contributed by atoms with Crippen LogP contribution < -0.4 is 14.4 Å². The fourth-order valence-electron chi connectivity index (χ4n) is 2.29. The first kappa shape index (κ1) is 15.9. The second-order valence-electron chi connectivity index (χ2n) is 4.68. The molecule has 2 aromatic carbocycles. The summed E-state index contributed by atoms with van der Waals surface area (Å²) in [7, 11) is 1.58. The van der Waals surface area contributed by atoms with Gasteiger partial charge in [0.25, 0.3) is 5.91 Å². The van der Waals surface area contributed by atoms with Crippen molar-refractivity contribution in [1.29, 1.82) is 0 Å². The van der Waals surface area contributed by atoms with Crippen molar-refractivity contribution >= 4 is 11.6 Å². The van der Waals surface area contributed by atoms with E-state index in [1.165, 1.54) is 0 Å². The van der Waals surface area contributed by atoms with Gasteiger partial charge in [-0.1, -0.05) is 18.2 Å². The highest BCUT2D eigenvalue weighted by atomic mass is 16.5. The van der Waals surface area contributed by atoms with Gasteiger partial charge in [-0.05, 0) is 44.2 Å². The molecule has 0 aromatic heterocycles. The lowest BCUT2D eigenvalue weighted by molar-refractivity contribution is 0.0988. The Morgan fingerprint density at radius 1 is 1.05 bits per heavy atom. The molecule has 0 heterocycles. The molecule has 0 saturated carbocycles. The van der Waals surface area contributed by atoms with Crippen LogP contribution in [0.15, 0.2) is 48.5 Å². The lowest BCUT2D eigenvalue weighted by Gasteiger charge is -2.21. The Bertz CT molecular complexity index is 625. The van der Waals surface area contributed by atoms with Crippen molar-refractivity contribution in [1.82, 2.24) is 0 Å². The number of rotatable bonds is 6. The van der Waals surface area contributed by atoms with E-state index in [1.807, 2.05) is 44.2 Å². The number of anilines is 1. The van der Waals surface area contributed by atoms with E-state index < -0.39 is 0 Å². The maximum Gasteiger partial charge on any atom is 0.258 e. The van der Waals surface area contributed by atoms with Gasteiger partial charge in [-0.15, -0.1) is 0 Å². The van der Waals surface area contributed by atoms with Gasteiger partial charge in [-0.2, -0.15) is 0 Å². The lowest BCUT2D eigenvalue weighted by atomic mass is 10.1. The van der Waals surface area contributed by atoms with Crippen molar-refractivity contribution < 1.29 is 14.3 Å². The zero-order chi connectivity index (χ0) is 15.9. The number of ether oxygens (including phenoxy) is 2. The second kappa shape index (κ2) is 7.50. The average Bonchev–Trinajstić information content (AvgIpc) is 2.56. The Kier molecular flexibility index (Phi) is 5.42. The Morgan fingerprint density at radius 2 is 1.77 bits per heavy atom. The third-order valence-electron chi connectivity index (χ3n) is 3.34. The topological polar surface area (TPSA) is 38.8 Å². The van der Waals surface area contributed by atoms with E-state index in [0.717, 1.165) is 5.69 Å². The van der Waals surface area contributed by atoms with Crippen LogP contribution in [-0.4, -0.2) is 26.2 Å². The van der Waals surface area contributed by atoms with Gasteiger partial charge in [0.15, 0.2) is 11.5 Å². The van der Waals surface area contributed by atoms with Crippen LogP contribution in [0.1, 0.15) is 24.2 Å². The number of carbonyl (C=O) groups excluding carboxylic acids is 1. The predicted molar refractivity (Wildman–Crippen MR) is 88.0 cm³/mol. The number of amides is 1. The van der Waals surface area contributed by atoms with Crippen molar-refractivity contribution in [3.8, 4) is 11.5 Å². The van der Waals surface area contributed by atoms with E-state index in [4.69, 9.17) is 9.47 Å². The van der Waals surface area contributed by atoms with Crippen LogP contribution in [0.2, 0.25) is 0 Å². The summed E-state index contributed by atoms with van der Waals surface area (Å²) in [5, 5.41) is 0. The summed E-state index contributed by atoms with van der Waals surface area (Å²) in [4.78, 5) is 14.5. The standard InChI is InChI=1S/C18H21NO3/c1-4-19(15-9-7-6-8-10-15)18(20)14-11-12-16(21-3)17(13-14)22-5-2/h6-13H,4-5H2,1-3H3. The zero-order valence-corrected chi connectivity index (χ0v) is 13.2. The molecule has 2 rings (SSSR count). The smallest absolute Gasteiger partial charge is 0.258 e. The van der Waals surface area contributed by atoms with E-state index in [1.54, 1.807) is 30.2 Å². The molecule has 0 radical (unpaired) electrons. The van der Waals surface area contributed by atoms with E-state index >= 15 is 0 Å². The molecule has 22 heavy (non-hydrogen) atoms. The number of benzene rings is 2. The van der Waals surface area contributed by atoms with Crippen LogP contribution in [0.5, 0.6) is 11.5 Å². The minimum atomic E-state index is -0.0580. The number of nitrogens with zero attached hydrogens (tertiary/aromatic N) is 1. The summed E-state index contributed by atoms with van der Waals surface area (Å²) >= 11 is 0. The highest BCUT2D eigenvalue weighted by Gasteiger charge is 2.18. The average molecular weight is 299 g/mol. The number of hydrogen-bond acceptors (Lipinski definition) is 3. The molecular weight excluding hydrogens is 278 g/mol. The minimum Gasteiger partial charge on any atom is -0.493 e. The molecule has 4 nitrogen and oxygen atoms in total. The third-order valence-corrected chi connectivity index (χ3v) is 3.34. The maximum absolute atomic E-state index is 12.8. The van der Waals surface area contributed by atoms with Gasteiger partial charge in [-0.3, -0.25) is 4.79 Å². The summed E-state index contributed by atoms with van der Waals surface area (Å²) in [6.07, 6.45) is 0. The first-order chi connectivity index (χ1) is 10.7. The summed E-state index contributed by atoms with van der Waals surface area (Å²) in [5.74, 6) is 1.15. The molecule has 116 valence electrons. The van der Waals surface area contributed by atoms with Crippen molar-refractivity contribution in [2.45, 2.75) is 13.8 Å². The zero-order valence-electron chi connectivity index (χ0n) is 13.2. The molecule has 0 unspecified atom stereocenters. The monoisotopic (exact) mass is 299 g/mol. The molecule has 2 aromatic rings. The summed E-state index contributed by atoms with van der Waals surface area (Å²) in [5.41, 5.74) is 1.46. The molecule has 0 bridgehead atoms. The Hall–Kier alpha value is -2.49. The Morgan fingerprint density at radius 3 is 2.36 bits per heavy atom. The van der Waals surface area contributed by atoms with Crippen LogP contribution in [0.25, 0.3) is 0 Å². The van der Waals surface area contributed by atoms with Crippen molar-refractivity contribution in [3.05, 3.63) is 54.1 Å². The summed E-state index contributed by atoms with van der Waals surface area (Å²) < 4.78 is 10.8. The summed E-state index contributed by atoms with van der Waals surface area (Å²) in [6, 6.07) is 14.9. The minimum absolute atomic E-state index is 0.0580. The van der Waals surface area contributed by atoms with Crippen molar-refractivity contribution in [3.63, 3.8) is 0 Å². The molecule has 0 saturated heterocycles. The highest BCUT2D eigenvalue weighted by Crippen LogP contribution is 2.29. The van der Waals surface area contributed by atoms with Crippen molar-refractivity contribution in [2.75, 3.05) is 25.2 Å². The van der Waals surface area contributed by atoms with Crippen LogP contribution in [-0.2, 0) is 0 Å². The van der Waals surface area contributed by atoms with E-state index in [9.17, 15) is 4.79 Å². The predicted octanol–water partition coefficient (Wildman–Crippen LogP) is 3.76. The van der Waals surface area contributed by atoms with E-state index in [0.29, 0.717) is 30.2 Å². The maximum atomic E-state index is 12.8. The lowest BCUT2D eigenvalue weighted by Crippen LogP contribution is -2.30. The van der Waals surface area contributed by atoms with Crippen LogP contribution in [0, 0.1) is 0 Å². The van der Waals surface area contributed by atoms with Crippen LogP contribution in [0.3, 0.4) is 0 Å². The van der Waals surface area contributed by atoms with E-state index in [2.05, 4.69) is 0 Å². The van der Waals surface area contributed by atoms with E-state index in [-0.39, 0.29) is 5.91 Å². The number of methoxy groups -OCH3 is 1. The van der Waals surface area contributed by atoms with Gasteiger partial charge in [0, 0.05) is 17.8 Å². The second-order valence-corrected chi connectivity index (χ2v) is 4.68. The summed E-state index contributed by atoms with van der Waals surface area (Å²) in [6.45, 7) is 4.97. The van der Waals surface area contributed by atoms with Gasteiger partial charge < -0.3 is 14.4 Å². The molecule has 0 aliphatic heterocycles. The molecule has 4 heteroatoms. The first-order valence-electron chi connectivity index (χ1n) is 7.39. The van der Waals surface area contributed by atoms with Crippen LogP contribution in [0.4, 0.5) is 5.69 Å². The number of carbonyl (C=O) groups is 1. The fourth-order valence-corrected chi connectivity index (χ4v) is 2.29. The normalized spacial score (nSPS) is 10.1. The first-order valence-corrected chi connectivity index (χ1v) is 7.39. The molecule has 0 fully saturated rings. The van der Waals surface area contributed by atoms with Gasteiger partial charge in [0.05, 0.1) is 13.7 Å². The fraction of sp³-hybridized carbons (Fsp3) is 0.278. The third kappa shape index (κ3) is 3.39. The molecule has 0 N–H and O–H groups in total. The highest BCUT2D eigenvalue weighted by molar-refractivity contribution is 6.06. The SMILES string of the molecule is CCOc1cc(C(=O)N(CC)c2ccccc2)ccc1OC. The largest absolute Gasteiger partial charge is 0.493 e. The molecule has 0 aliphatic rings. The Balaban J connectivity index is 2.33. The van der Waals surface area contributed by atoms with Gasteiger partial charge in [0.1, 0.15) is 0 Å². The quantitative estimate of drug-likeness (QED) is 0.815. The van der Waals surface area contributed by atoms with Crippen LogP contribution >= 0.6 is 0 Å². The molecule has 0 spiro atoms. The molecule has 1 amide bonds. The molecule has 0 atom stereocenters. The Labute approximate surface area is 131 Å². The van der Waals surface area contributed by atoms with Gasteiger partial charge in [-0.25, -0.2) is 0 Å². The van der Waals surface area contributed by atoms with Gasteiger partial charge in [0.2, 0.25) is 0 Å². The van der Waals surface area contributed by atoms with Crippen molar-refractivity contribution in [2.24, 2.45) is 0 Å². The molecule has 0 aliphatic carbocycles. The molecular formula is C18H21NO3. The van der Waals surface area contributed by atoms with Gasteiger partial charge >= 0.3 is 0 Å². The number of hydrogen-bond donors (Lipinski definition) is 0.